The van der Waals surface area contributed by atoms with Crippen molar-refractivity contribution in [3.05, 3.63) is 30.0 Å². The van der Waals surface area contributed by atoms with Crippen LogP contribution in [-0.4, -0.2) is 54.8 Å². The lowest BCUT2D eigenvalue weighted by molar-refractivity contribution is -0.274. The van der Waals surface area contributed by atoms with Crippen molar-refractivity contribution in [2.75, 3.05) is 35.8 Å². The minimum absolute atomic E-state index is 0.0000703. The number of nitrogens with zero attached hydrogens (tertiary/aromatic N) is 4. The fraction of sp³-hybridized carbons (Fsp3) is 0.500. The van der Waals surface area contributed by atoms with Gasteiger partial charge < -0.3 is 25.2 Å². The quantitative estimate of drug-likeness (QED) is 0.626. The fourth-order valence-electron chi connectivity index (χ4n) is 4.77. The van der Waals surface area contributed by atoms with Crippen LogP contribution in [0.4, 0.5) is 36.3 Å². The molecule has 12 heteroatoms. The van der Waals surface area contributed by atoms with E-state index in [1.165, 1.54) is 30.3 Å². The van der Waals surface area contributed by atoms with Crippen molar-refractivity contribution in [3.63, 3.8) is 0 Å². The second kappa shape index (κ2) is 9.47. The van der Waals surface area contributed by atoms with Gasteiger partial charge in [0, 0.05) is 32.2 Å². The van der Waals surface area contributed by atoms with E-state index in [0.29, 0.717) is 18.1 Å². The Bertz CT molecular complexity index is 1160. The van der Waals surface area contributed by atoms with Gasteiger partial charge in [-0.3, -0.25) is 9.59 Å². The molecule has 0 saturated heterocycles. The number of hydrogen-bond donors (Lipinski definition) is 2. The second-order valence-corrected chi connectivity index (χ2v) is 9.68. The Morgan fingerprint density at radius 1 is 1.22 bits per heavy atom. The number of carbonyl (C=O) groups excluding carboxylic acids is 2. The second-order valence-electron chi connectivity index (χ2n) is 9.68. The zero-order chi connectivity index (χ0) is 26.3. The van der Waals surface area contributed by atoms with Gasteiger partial charge in [-0.25, -0.2) is 4.98 Å². The van der Waals surface area contributed by atoms with E-state index in [1.807, 2.05) is 13.8 Å². The van der Waals surface area contributed by atoms with Crippen molar-refractivity contribution >= 4 is 35.0 Å². The van der Waals surface area contributed by atoms with Gasteiger partial charge >= 0.3 is 6.36 Å². The number of halogens is 3. The van der Waals surface area contributed by atoms with E-state index in [-0.39, 0.29) is 29.1 Å². The van der Waals surface area contributed by atoms with Gasteiger partial charge in [0.2, 0.25) is 11.9 Å². The fourth-order valence-corrected chi connectivity index (χ4v) is 4.77. The smallest absolute Gasteiger partial charge is 0.404 e. The molecule has 1 aliphatic heterocycles. The molecule has 2 aliphatic rings. The third-order valence-corrected chi connectivity index (χ3v) is 6.54. The number of alkyl halides is 3. The Labute approximate surface area is 207 Å². The summed E-state index contributed by atoms with van der Waals surface area (Å²) in [5.41, 5.74) is -0.204. The molecule has 2 N–H and O–H groups in total. The molecule has 0 bridgehead atoms. The maximum absolute atomic E-state index is 13.1. The minimum Gasteiger partial charge on any atom is -0.404 e. The lowest BCUT2D eigenvalue weighted by atomic mass is 9.91. The van der Waals surface area contributed by atoms with Crippen LogP contribution in [0.1, 0.15) is 49.9 Å². The van der Waals surface area contributed by atoms with Crippen molar-refractivity contribution in [2.24, 2.45) is 5.41 Å². The highest BCUT2D eigenvalue weighted by atomic mass is 19.4. The topological polar surface area (TPSA) is 99.7 Å². The summed E-state index contributed by atoms with van der Waals surface area (Å²) >= 11 is 0. The number of ether oxygens (including phenoxy) is 1. The van der Waals surface area contributed by atoms with Crippen LogP contribution in [0.2, 0.25) is 0 Å². The summed E-state index contributed by atoms with van der Waals surface area (Å²) < 4.78 is 43.5. The number of anilines is 4. The minimum atomic E-state index is -4.97. The maximum Gasteiger partial charge on any atom is 0.573 e. The van der Waals surface area contributed by atoms with Crippen LogP contribution in [0.3, 0.4) is 0 Å². The summed E-state index contributed by atoms with van der Waals surface area (Å²) in [5, 5.41) is 5.17. The molecule has 1 aromatic carbocycles. The first-order valence-electron chi connectivity index (χ1n) is 11.7. The lowest BCUT2D eigenvalue weighted by Crippen LogP contribution is -2.45. The van der Waals surface area contributed by atoms with Crippen LogP contribution in [0.25, 0.3) is 0 Å². The van der Waals surface area contributed by atoms with E-state index in [0.717, 1.165) is 31.7 Å². The molecule has 4 rings (SSSR count). The average Bonchev–Trinajstić information content (AvgIpc) is 3.34. The maximum atomic E-state index is 13.1. The Balaban J connectivity index is 1.74. The Morgan fingerprint density at radius 2 is 1.92 bits per heavy atom. The van der Waals surface area contributed by atoms with Crippen LogP contribution in [0.5, 0.6) is 5.75 Å². The predicted octanol–water partition coefficient (Wildman–Crippen LogP) is 4.23. The molecule has 0 radical (unpaired) electrons. The molecule has 9 nitrogen and oxygen atoms in total. The van der Waals surface area contributed by atoms with Gasteiger partial charge in [-0.15, -0.1) is 13.2 Å². The monoisotopic (exact) mass is 506 g/mol. The zero-order valence-electron chi connectivity index (χ0n) is 20.6. The van der Waals surface area contributed by atoms with Gasteiger partial charge in [-0.2, -0.15) is 4.98 Å². The molecule has 2 amide bonds. The molecular formula is C24H29F3N6O3. The van der Waals surface area contributed by atoms with E-state index in [2.05, 4.69) is 30.2 Å². The molecule has 2 aromatic rings. The number of carbonyl (C=O) groups is 2. The number of hydrogen-bond acceptors (Lipinski definition) is 7. The normalized spacial score (nSPS) is 18.0. The molecule has 0 unspecified atom stereocenters. The van der Waals surface area contributed by atoms with Crippen molar-refractivity contribution in [2.45, 2.75) is 51.9 Å². The largest absolute Gasteiger partial charge is 0.573 e. The van der Waals surface area contributed by atoms with E-state index in [9.17, 15) is 22.8 Å². The average molecular weight is 507 g/mol. The van der Waals surface area contributed by atoms with Crippen molar-refractivity contribution in [3.8, 4) is 5.75 Å². The van der Waals surface area contributed by atoms with Crippen LogP contribution in [-0.2, 0) is 4.79 Å². The zero-order valence-corrected chi connectivity index (χ0v) is 20.6. The number of nitrogens with one attached hydrogen (secondary N) is 2. The number of aromatic nitrogens is 2. The van der Waals surface area contributed by atoms with Gasteiger partial charge in [-0.1, -0.05) is 12.8 Å². The van der Waals surface area contributed by atoms with Gasteiger partial charge in [0.05, 0.1) is 17.3 Å². The first-order valence-corrected chi connectivity index (χ1v) is 11.7. The number of fused-ring (bicyclic) bond motifs is 1. The van der Waals surface area contributed by atoms with Crippen LogP contribution >= 0.6 is 0 Å². The van der Waals surface area contributed by atoms with Crippen molar-refractivity contribution in [1.82, 2.24) is 15.3 Å². The van der Waals surface area contributed by atoms with Crippen molar-refractivity contribution < 1.29 is 27.5 Å². The molecule has 36 heavy (non-hydrogen) atoms. The first-order chi connectivity index (χ1) is 16.9. The summed E-state index contributed by atoms with van der Waals surface area (Å²) in [6, 6.07) is 3.86. The Kier molecular flexibility index (Phi) is 6.72. The molecule has 1 saturated carbocycles. The third-order valence-electron chi connectivity index (χ3n) is 6.54. The molecule has 1 fully saturated rings. The lowest BCUT2D eigenvalue weighted by Gasteiger charge is -2.34. The van der Waals surface area contributed by atoms with Crippen LogP contribution in [0, 0.1) is 5.41 Å². The predicted molar refractivity (Wildman–Crippen MR) is 129 cm³/mol. The van der Waals surface area contributed by atoms with Gasteiger partial charge in [-0.05, 0) is 44.9 Å². The summed E-state index contributed by atoms with van der Waals surface area (Å²) in [4.78, 5) is 37.6. The Morgan fingerprint density at radius 3 is 2.56 bits per heavy atom. The first kappa shape index (κ1) is 25.5. The summed E-state index contributed by atoms with van der Waals surface area (Å²) in [6.07, 6.45) is 0.601. The highest BCUT2D eigenvalue weighted by Crippen LogP contribution is 2.41. The van der Waals surface area contributed by atoms with Crippen LogP contribution in [0.15, 0.2) is 24.4 Å². The summed E-state index contributed by atoms with van der Waals surface area (Å²) in [6.45, 7) is 4.23. The van der Waals surface area contributed by atoms with Gasteiger partial charge in [0.1, 0.15) is 5.69 Å². The number of rotatable bonds is 5. The van der Waals surface area contributed by atoms with E-state index in [1.54, 1.807) is 7.05 Å². The number of amides is 2. The highest BCUT2D eigenvalue weighted by Gasteiger charge is 2.41. The standard InChI is InChI=1S/C24H29F3N6O3/c1-23(2)13-33(15-7-5-6-8-15)19-17(32(4)21(23)35)12-29-22(31-19)30-16-10-9-14(20(34)28-3)11-18(16)36-24(25,26)27/h9-12,15H,5-8,13H2,1-4H3,(H,28,34)(H,29,30,31). The van der Waals surface area contributed by atoms with Gasteiger partial charge in [0.15, 0.2) is 11.6 Å². The molecule has 194 valence electrons. The number of benzene rings is 1. The third kappa shape index (κ3) is 5.17. The summed E-state index contributed by atoms with van der Waals surface area (Å²) in [5.74, 6) is -0.641. The molecule has 0 spiro atoms. The Hall–Kier alpha value is -3.57. The van der Waals surface area contributed by atoms with E-state index in [4.69, 9.17) is 0 Å². The van der Waals surface area contributed by atoms with Crippen molar-refractivity contribution in [1.29, 1.82) is 0 Å². The molecule has 1 aliphatic carbocycles. The van der Waals surface area contributed by atoms with E-state index < -0.39 is 23.4 Å². The molecular weight excluding hydrogens is 477 g/mol. The highest BCUT2D eigenvalue weighted by molar-refractivity contribution is 6.01. The summed E-state index contributed by atoms with van der Waals surface area (Å²) in [7, 11) is 3.05. The van der Waals surface area contributed by atoms with Crippen LogP contribution < -0.4 is 25.2 Å². The SMILES string of the molecule is CNC(=O)c1ccc(Nc2ncc3c(n2)N(C2CCCC2)CC(C)(C)C(=O)N3C)c(OC(F)(F)F)c1. The van der Waals surface area contributed by atoms with Gasteiger partial charge in [0.25, 0.3) is 5.91 Å². The molecule has 0 atom stereocenters. The molecule has 1 aromatic heterocycles. The molecule has 2 heterocycles. The van der Waals surface area contributed by atoms with E-state index >= 15 is 0 Å².